The first-order chi connectivity index (χ1) is 9.16. The van der Waals surface area contributed by atoms with Gasteiger partial charge in [0.2, 0.25) is 0 Å². The zero-order chi connectivity index (χ0) is 13.7. The molecule has 0 bridgehead atoms. The molecule has 106 valence electrons. The predicted molar refractivity (Wildman–Crippen MR) is 82.8 cm³/mol. The number of rotatable bonds is 5. The maximum absolute atomic E-state index is 6.06. The fraction of sp³-hybridized carbons (Fsp3) is 0.625. The highest BCUT2D eigenvalue weighted by Gasteiger charge is 2.16. The van der Waals surface area contributed by atoms with Crippen molar-refractivity contribution in [2.45, 2.75) is 44.7 Å². The molecule has 1 aromatic rings. The zero-order valence-corrected chi connectivity index (χ0v) is 12.8. The van der Waals surface area contributed by atoms with Crippen LogP contribution in [0.15, 0.2) is 24.3 Å². The molecule has 19 heavy (non-hydrogen) atoms. The van der Waals surface area contributed by atoms with Crippen molar-refractivity contribution in [3.05, 3.63) is 34.9 Å². The van der Waals surface area contributed by atoms with Gasteiger partial charge in [-0.05, 0) is 64.0 Å². The van der Waals surface area contributed by atoms with Crippen LogP contribution in [0.2, 0.25) is 5.02 Å². The van der Waals surface area contributed by atoms with E-state index in [2.05, 4.69) is 36.3 Å². The molecule has 0 amide bonds. The number of hydrogen-bond acceptors (Lipinski definition) is 2. The standard InChI is InChI=1S/C16H25ClN2/c1-13(14-6-5-7-15(17)12-14)19(2)11-9-16-8-3-4-10-18-16/h5-7,12-13,16,18H,3-4,8-11H2,1-2H3. The van der Waals surface area contributed by atoms with Crippen LogP contribution in [0.1, 0.15) is 44.2 Å². The summed E-state index contributed by atoms with van der Waals surface area (Å²) >= 11 is 6.06. The van der Waals surface area contributed by atoms with Crippen molar-refractivity contribution in [3.63, 3.8) is 0 Å². The SMILES string of the molecule is CC(c1cccc(Cl)c1)N(C)CCC1CCCCN1. The van der Waals surface area contributed by atoms with Gasteiger partial charge in [0.25, 0.3) is 0 Å². The highest BCUT2D eigenvalue weighted by atomic mass is 35.5. The summed E-state index contributed by atoms with van der Waals surface area (Å²) in [7, 11) is 2.20. The normalized spacial score (nSPS) is 21.6. The van der Waals surface area contributed by atoms with Crippen molar-refractivity contribution in [2.75, 3.05) is 20.1 Å². The minimum absolute atomic E-state index is 0.419. The lowest BCUT2D eigenvalue weighted by molar-refractivity contribution is 0.236. The van der Waals surface area contributed by atoms with E-state index < -0.39 is 0 Å². The van der Waals surface area contributed by atoms with E-state index in [1.807, 2.05) is 12.1 Å². The molecule has 0 aromatic heterocycles. The van der Waals surface area contributed by atoms with E-state index in [9.17, 15) is 0 Å². The minimum Gasteiger partial charge on any atom is -0.314 e. The van der Waals surface area contributed by atoms with E-state index in [4.69, 9.17) is 11.6 Å². The first-order valence-corrected chi connectivity index (χ1v) is 7.73. The number of nitrogens with one attached hydrogen (secondary N) is 1. The second kappa shape index (κ2) is 7.28. The van der Waals surface area contributed by atoms with Crippen LogP contribution in [-0.2, 0) is 0 Å². The molecule has 1 aromatic carbocycles. The molecule has 0 spiro atoms. The Labute approximate surface area is 122 Å². The van der Waals surface area contributed by atoms with Crippen LogP contribution < -0.4 is 5.32 Å². The lowest BCUT2D eigenvalue weighted by Crippen LogP contribution is -2.37. The lowest BCUT2D eigenvalue weighted by Gasteiger charge is -2.29. The van der Waals surface area contributed by atoms with Crippen LogP contribution >= 0.6 is 11.6 Å². The number of benzene rings is 1. The van der Waals surface area contributed by atoms with Crippen molar-refractivity contribution < 1.29 is 0 Å². The Bertz CT molecular complexity index is 388. The quantitative estimate of drug-likeness (QED) is 0.881. The summed E-state index contributed by atoms with van der Waals surface area (Å²) in [4.78, 5) is 2.42. The van der Waals surface area contributed by atoms with Gasteiger partial charge in [-0.2, -0.15) is 0 Å². The molecule has 0 saturated carbocycles. The fourth-order valence-electron chi connectivity index (χ4n) is 2.74. The third-order valence-corrected chi connectivity index (χ3v) is 4.47. The third-order valence-electron chi connectivity index (χ3n) is 4.23. The molecule has 0 aliphatic carbocycles. The predicted octanol–water partition coefficient (Wildman–Crippen LogP) is 3.87. The molecule has 2 rings (SSSR count). The average molecular weight is 281 g/mol. The smallest absolute Gasteiger partial charge is 0.0409 e. The van der Waals surface area contributed by atoms with E-state index in [0.29, 0.717) is 12.1 Å². The van der Waals surface area contributed by atoms with Gasteiger partial charge >= 0.3 is 0 Å². The molecule has 1 aliphatic rings. The molecule has 3 heteroatoms. The Hall–Kier alpha value is -0.570. The molecule has 1 aliphatic heterocycles. The highest BCUT2D eigenvalue weighted by Crippen LogP contribution is 2.22. The van der Waals surface area contributed by atoms with Crippen LogP contribution in [0.4, 0.5) is 0 Å². The van der Waals surface area contributed by atoms with Crippen LogP contribution in [-0.4, -0.2) is 31.1 Å². The van der Waals surface area contributed by atoms with Crippen molar-refractivity contribution >= 4 is 11.6 Å². The van der Waals surface area contributed by atoms with Gasteiger partial charge in [0, 0.05) is 17.1 Å². The Kier molecular flexibility index (Phi) is 5.68. The summed E-state index contributed by atoms with van der Waals surface area (Å²) in [6.07, 6.45) is 5.29. The third kappa shape index (κ3) is 4.48. The monoisotopic (exact) mass is 280 g/mol. The Morgan fingerprint density at radius 2 is 2.26 bits per heavy atom. The number of nitrogens with zero attached hydrogens (tertiary/aromatic N) is 1. The van der Waals surface area contributed by atoms with Gasteiger partial charge in [-0.25, -0.2) is 0 Å². The lowest BCUT2D eigenvalue weighted by atomic mass is 10.0. The number of hydrogen-bond donors (Lipinski definition) is 1. The molecule has 1 saturated heterocycles. The minimum atomic E-state index is 0.419. The Morgan fingerprint density at radius 3 is 2.95 bits per heavy atom. The zero-order valence-electron chi connectivity index (χ0n) is 12.0. The number of halogens is 1. The molecule has 0 radical (unpaired) electrons. The summed E-state index contributed by atoms with van der Waals surface area (Å²) < 4.78 is 0. The average Bonchev–Trinajstić information content (AvgIpc) is 2.45. The fourth-order valence-corrected chi connectivity index (χ4v) is 2.94. The van der Waals surface area contributed by atoms with Gasteiger partial charge < -0.3 is 5.32 Å². The highest BCUT2D eigenvalue weighted by molar-refractivity contribution is 6.30. The second-order valence-electron chi connectivity index (χ2n) is 5.65. The summed E-state index contributed by atoms with van der Waals surface area (Å²) in [6.45, 7) is 4.57. The van der Waals surface area contributed by atoms with Gasteiger partial charge in [0.1, 0.15) is 0 Å². The first-order valence-electron chi connectivity index (χ1n) is 7.36. The van der Waals surface area contributed by atoms with Crippen molar-refractivity contribution in [3.8, 4) is 0 Å². The summed E-state index contributed by atoms with van der Waals surface area (Å²) in [5.41, 5.74) is 1.30. The van der Waals surface area contributed by atoms with Gasteiger partial charge in [0.05, 0.1) is 0 Å². The van der Waals surface area contributed by atoms with Crippen molar-refractivity contribution in [1.29, 1.82) is 0 Å². The van der Waals surface area contributed by atoms with Crippen molar-refractivity contribution in [1.82, 2.24) is 10.2 Å². The van der Waals surface area contributed by atoms with Crippen LogP contribution in [0.25, 0.3) is 0 Å². The largest absolute Gasteiger partial charge is 0.314 e. The van der Waals surface area contributed by atoms with E-state index in [0.717, 1.165) is 11.6 Å². The van der Waals surface area contributed by atoms with E-state index in [-0.39, 0.29) is 0 Å². The first kappa shape index (κ1) is 14.8. The summed E-state index contributed by atoms with van der Waals surface area (Å²) in [6, 6.07) is 9.33. The van der Waals surface area contributed by atoms with Crippen LogP contribution in [0, 0.1) is 0 Å². The van der Waals surface area contributed by atoms with Crippen molar-refractivity contribution in [2.24, 2.45) is 0 Å². The Balaban J connectivity index is 1.83. The van der Waals surface area contributed by atoms with E-state index >= 15 is 0 Å². The summed E-state index contributed by atoms with van der Waals surface area (Å²) in [5, 5.41) is 4.44. The van der Waals surface area contributed by atoms with Gasteiger partial charge in [0.15, 0.2) is 0 Å². The van der Waals surface area contributed by atoms with E-state index in [1.165, 1.54) is 37.8 Å². The molecule has 2 unspecified atom stereocenters. The topological polar surface area (TPSA) is 15.3 Å². The van der Waals surface area contributed by atoms with E-state index in [1.54, 1.807) is 0 Å². The summed E-state index contributed by atoms with van der Waals surface area (Å²) in [5.74, 6) is 0. The maximum atomic E-state index is 6.06. The molecule has 1 N–H and O–H groups in total. The molecule has 2 nitrogen and oxygen atoms in total. The van der Waals surface area contributed by atoms with Crippen LogP contribution in [0.3, 0.4) is 0 Å². The van der Waals surface area contributed by atoms with Gasteiger partial charge in [-0.1, -0.05) is 30.2 Å². The number of piperidine rings is 1. The molecule has 1 heterocycles. The molecular weight excluding hydrogens is 256 g/mol. The second-order valence-corrected chi connectivity index (χ2v) is 6.08. The Morgan fingerprint density at radius 1 is 1.42 bits per heavy atom. The van der Waals surface area contributed by atoms with Gasteiger partial charge in [-0.3, -0.25) is 4.90 Å². The van der Waals surface area contributed by atoms with Crippen LogP contribution in [0.5, 0.6) is 0 Å². The molecule has 2 atom stereocenters. The molecular formula is C16H25ClN2. The maximum Gasteiger partial charge on any atom is 0.0409 e. The van der Waals surface area contributed by atoms with Gasteiger partial charge in [-0.15, -0.1) is 0 Å². The molecule has 1 fully saturated rings.